The van der Waals surface area contributed by atoms with Crippen molar-refractivity contribution < 1.29 is 9.30 Å². The number of hydrogen-bond acceptors (Lipinski definition) is 1. The molecule has 0 radical (unpaired) electrons. The highest BCUT2D eigenvalue weighted by Gasteiger charge is 2.17. The first-order valence-electron chi connectivity index (χ1n) is 5.44. The Morgan fingerprint density at radius 3 is 2.80 bits per heavy atom. The second kappa shape index (κ2) is 5.54. The molecule has 1 aromatic heterocycles. The molecule has 0 aliphatic carbocycles. The quantitative estimate of drug-likeness (QED) is 0.545. The Balaban J connectivity index is 3.23. The van der Waals surface area contributed by atoms with Gasteiger partial charge in [-0.25, -0.2) is 0 Å². The largest absolute Gasteiger partial charge is 0.491 e. The van der Waals surface area contributed by atoms with E-state index in [2.05, 4.69) is 36.7 Å². The van der Waals surface area contributed by atoms with Gasteiger partial charge in [0.15, 0.2) is 12.0 Å². The number of hydrogen-bond donors (Lipinski definition) is 0. The third-order valence-corrected chi connectivity index (χ3v) is 2.45. The summed E-state index contributed by atoms with van der Waals surface area (Å²) in [6.07, 6.45) is 5.24. The van der Waals surface area contributed by atoms with Crippen molar-refractivity contribution >= 4 is 5.76 Å². The monoisotopic (exact) mass is 206 g/mol. The Hall–Kier alpha value is -1.31. The third-order valence-electron chi connectivity index (χ3n) is 2.45. The summed E-state index contributed by atoms with van der Waals surface area (Å²) in [7, 11) is 1.72. The van der Waals surface area contributed by atoms with E-state index in [0.29, 0.717) is 0 Å². The van der Waals surface area contributed by atoms with Crippen LogP contribution in [0.3, 0.4) is 0 Å². The van der Waals surface area contributed by atoms with Crippen LogP contribution >= 0.6 is 0 Å². The van der Waals surface area contributed by atoms with E-state index in [1.165, 1.54) is 11.3 Å². The molecule has 2 heteroatoms. The van der Waals surface area contributed by atoms with Crippen molar-refractivity contribution in [2.24, 2.45) is 0 Å². The van der Waals surface area contributed by atoms with Gasteiger partial charge in [0.2, 0.25) is 5.69 Å². The Kier molecular flexibility index (Phi) is 4.35. The Morgan fingerprint density at radius 2 is 2.27 bits per heavy atom. The van der Waals surface area contributed by atoms with Gasteiger partial charge in [0.1, 0.15) is 6.54 Å². The van der Waals surface area contributed by atoms with Gasteiger partial charge in [-0.05, 0) is 26.0 Å². The predicted molar refractivity (Wildman–Crippen MR) is 62.3 cm³/mol. The molecule has 0 fully saturated rings. The fraction of sp³-hybridized carbons (Fsp3) is 0.462. The predicted octanol–water partition coefficient (Wildman–Crippen LogP) is 2.70. The van der Waals surface area contributed by atoms with E-state index in [0.717, 1.165) is 18.7 Å². The van der Waals surface area contributed by atoms with Gasteiger partial charge in [-0.2, -0.15) is 4.57 Å². The van der Waals surface area contributed by atoms with Crippen molar-refractivity contribution in [3.05, 3.63) is 35.7 Å². The van der Waals surface area contributed by atoms with E-state index in [4.69, 9.17) is 4.74 Å². The molecule has 1 aromatic rings. The Morgan fingerprint density at radius 1 is 1.53 bits per heavy atom. The highest BCUT2D eigenvalue weighted by atomic mass is 16.5. The van der Waals surface area contributed by atoms with Crippen LogP contribution in [-0.4, -0.2) is 7.11 Å². The molecule has 0 aromatic carbocycles. The second-order valence-electron chi connectivity index (χ2n) is 3.59. The molecule has 0 unspecified atom stereocenters. The number of aromatic nitrogens is 1. The van der Waals surface area contributed by atoms with E-state index in [-0.39, 0.29) is 0 Å². The van der Waals surface area contributed by atoms with E-state index < -0.39 is 0 Å². The number of rotatable bonds is 4. The minimum absolute atomic E-state index is 0.946. The van der Waals surface area contributed by atoms with Crippen molar-refractivity contribution in [2.75, 3.05) is 7.11 Å². The second-order valence-corrected chi connectivity index (χ2v) is 3.59. The molecule has 0 amide bonds. The highest BCUT2D eigenvalue weighted by Crippen LogP contribution is 2.14. The molecule has 0 saturated carbocycles. The summed E-state index contributed by atoms with van der Waals surface area (Å²) < 4.78 is 7.64. The molecule has 0 saturated heterocycles. The van der Waals surface area contributed by atoms with Crippen molar-refractivity contribution in [1.29, 1.82) is 0 Å². The van der Waals surface area contributed by atoms with Gasteiger partial charge in [-0.3, -0.25) is 0 Å². The zero-order valence-electron chi connectivity index (χ0n) is 10.1. The van der Waals surface area contributed by atoms with Crippen LogP contribution in [-0.2, 0) is 11.3 Å². The number of allylic oxidation sites excluding steroid dienone is 1. The molecular formula is C13H20NO+. The minimum Gasteiger partial charge on any atom is -0.491 e. The smallest absolute Gasteiger partial charge is 0.250 e. The van der Waals surface area contributed by atoms with Crippen LogP contribution in [0.2, 0.25) is 0 Å². The molecule has 82 valence electrons. The molecule has 1 rings (SSSR count). The molecule has 0 spiro atoms. The SMILES string of the molecule is CC=C(OC)c1c(C)ccc[n+]1CCC. The highest BCUT2D eigenvalue weighted by molar-refractivity contribution is 5.56. The number of ether oxygens (including phenoxy) is 1. The van der Waals surface area contributed by atoms with Crippen molar-refractivity contribution in [3.8, 4) is 0 Å². The molecule has 0 N–H and O–H groups in total. The summed E-state index contributed by atoms with van der Waals surface area (Å²) >= 11 is 0. The summed E-state index contributed by atoms with van der Waals surface area (Å²) in [5.74, 6) is 0.946. The van der Waals surface area contributed by atoms with Crippen molar-refractivity contribution in [1.82, 2.24) is 0 Å². The molecule has 0 bridgehead atoms. The first-order valence-corrected chi connectivity index (χ1v) is 5.44. The zero-order valence-corrected chi connectivity index (χ0v) is 10.1. The lowest BCUT2D eigenvalue weighted by molar-refractivity contribution is -0.700. The maximum atomic E-state index is 5.39. The van der Waals surface area contributed by atoms with Crippen LogP contribution in [0, 0.1) is 6.92 Å². The van der Waals surface area contributed by atoms with Crippen molar-refractivity contribution in [2.45, 2.75) is 33.7 Å². The molecular weight excluding hydrogens is 186 g/mol. The van der Waals surface area contributed by atoms with Crippen LogP contribution in [0.1, 0.15) is 31.5 Å². The fourth-order valence-electron chi connectivity index (χ4n) is 1.79. The van der Waals surface area contributed by atoms with Crippen LogP contribution in [0.4, 0.5) is 0 Å². The van der Waals surface area contributed by atoms with Gasteiger partial charge >= 0.3 is 0 Å². The maximum absolute atomic E-state index is 5.39. The van der Waals surface area contributed by atoms with Crippen LogP contribution < -0.4 is 4.57 Å². The summed E-state index contributed by atoms with van der Waals surface area (Å²) in [6, 6.07) is 4.20. The number of methoxy groups -OCH3 is 1. The van der Waals surface area contributed by atoms with Gasteiger partial charge in [-0.15, -0.1) is 0 Å². The first-order chi connectivity index (χ1) is 7.24. The van der Waals surface area contributed by atoms with Gasteiger partial charge in [0, 0.05) is 18.1 Å². The number of pyridine rings is 1. The van der Waals surface area contributed by atoms with E-state index in [1.54, 1.807) is 7.11 Å². The summed E-state index contributed by atoms with van der Waals surface area (Å²) in [5.41, 5.74) is 2.44. The third kappa shape index (κ3) is 2.58. The number of aryl methyl sites for hydroxylation is 2. The zero-order chi connectivity index (χ0) is 11.3. The molecule has 0 atom stereocenters. The maximum Gasteiger partial charge on any atom is 0.250 e. The van der Waals surface area contributed by atoms with Gasteiger partial charge < -0.3 is 4.74 Å². The minimum atomic E-state index is 0.946. The fourth-order valence-corrected chi connectivity index (χ4v) is 1.79. The van der Waals surface area contributed by atoms with Gasteiger partial charge in [0.05, 0.1) is 7.11 Å². The molecule has 1 heterocycles. The average molecular weight is 206 g/mol. The standard InChI is InChI=1S/C13H20NO/c1-5-9-14-10-7-8-11(3)13(14)12(6-2)15-4/h6-8,10H,5,9H2,1-4H3/q+1. The Labute approximate surface area is 92.2 Å². The molecule has 2 nitrogen and oxygen atoms in total. The van der Waals surface area contributed by atoms with Crippen LogP contribution in [0.25, 0.3) is 5.76 Å². The van der Waals surface area contributed by atoms with Gasteiger partial charge in [0.25, 0.3) is 0 Å². The summed E-state index contributed by atoms with van der Waals surface area (Å²) in [4.78, 5) is 0. The van der Waals surface area contributed by atoms with Crippen LogP contribution in [0.15, 0.2) is 24.4 Å². The summed E-state index contributed by atoms with van der Waals surface area (Å²) in [5, 5.41) is 0. The molecule has 15 heavy (non-hydrogen) atoms. The lowest BCUT2D eigenvalue weighted by Gasteiger charge is -2.08. The van der Waals surface area contributed by atoms with Crippen molar-refractivity contribution in [3.63, 3.8) is 0 Å². The average Bonchev–Trinajstić information content (AvgIpc) is 2.24. The van der Waals surface area contributed by atoms with Gasteiger partial charge in [-0.1, -0.05) is 6.92 Å². The molecule has 0 aliphatic rings. The van der Waals surface area contributed by atoms with E-state index in [9.17, 15) is 0 Å². The lowest BCUT2D eigenvalue weighted by atomic mass is 10.1. The van der Waals surface area contributed by atoms with E-state index in [1.807, 2.05) is 13.0 Å². The topological polar surface area (TPSA) is 13.1 Å². The summed E-state index contributed by atoms with van der Waals surface area (Å²) in [6.45, 7) is 7.32. The normalized spacial score (nSPS) is 11.6. The van der Waals surface area contributed by atoms with E-state index >= 15 is 0 Å². The number of nitrogens with zero attached hydrogens (tertiary/aromatic N) is 1. The Bertz CT molecular complexity index is 356. The molecule has 0 aliphatic heterocycles. The first kappa shape index (κ1) is 11.8. The lowest BCUT2D eigenvalue weighted by Crippen LogP contribution is -2.38. The van der Waals surface area contributed by atoms with Crippen LogP contribution in [0.5, 0.6) is 0 Å².